The summed E-state index contributed by atoms with van der Waals surface area (Å²) < 4.78 is 68.4. The number of phosphoric ester groups is 2. The average Bonchev–Trinajstić information content (AvgIpc) is 1.84. The van der Waals surface area contributed by atoms with Gasteiger partial charge in [0.2, 0.25) is 0 Å². The fraction of sp³-hybridized carbons (Fsp3) is 0.947. The van der Waals surface area contributed by atoms with Crippen molar-refractivity contribution >= 4 is 39.5 Å². The van der Waals surface area contributed by atoms with Crippen LogP contribution in [0.15, 0.2) is 0 Å². The zero-order valence-electron chi connectivity index (χ0n) is 62.1. The second kappa shape index (κ2) is 66.6. The van der Waals surface area contributed by atoms with E-state index in [9.17, 15) is 43.2 Å². The summed E-state index contributed by atoms with van der Waals surface area (Å²) in [5.74, 6) is 0.151. The minimum Gasteiger partial charge on any atom is -0.462 e. The van der Waals surface area contributed by atoms with Gasteiger partial charge in [-0.3, -0.25) is 37.3 Å². The standard InChI is InChI=1S/C76H148O17P2/c1-8-9-10-11-12-13-23-31-36-45-52-59-75(80)93-72(64-87-74(79)58-51-44-39-38-42-49-56-69(6)7)66-91-95(84,85)89-62-70(77)61-88-94(82,83)90-65-71(63-86-73(78)57-50-43-35-30-27-22-25-29-34-41-48-55-68(4)5)92-76(81)60-53-46-37-32-26-21-19-17-15-14-16-18-20-24-28-33-40-47-54-67(2)3/h67-72,77H,8-66H2,1-7H3,(H,82,83)(H,84,85)/t70-,71-,72-/m1/s1. The molecular weight excluding hydrogens is 1250 g/mol. The number of esters is 4. The van der Waals surface area contributed by atoms with E-state index in [-0.39, 0.29) is 25.7 Å². The van der Waals surface area contributed by atoms with E-state index in [1.54, 1.807) is 0 Å². The van der Waals surface area contributed by atoms with Crippen molar-refractivity contribution in [2.24, 2.45) is 17.8 Å². The van der Waals surface area contributed by atoms with Crippen LogP contribution in [0.2, 0.25) is 0 Å². The third kappa shape index (κ3) is 70.3. The zero-order valence-corrected chi connectivity index (χ0v) is 63.9. The molecule has 0 fully saturated rings. The van der Waals surface area contributed by atoms with Crippen molar-refractivity contribution in [2.75, 3.05) is 39.6 Å². The molecule has 2 unspecified atom stereocenters. The van der Waals surface area contributed by atoms with Gasteiger partial charge in [-0.25, -0.2) is 9.13 Å². The predicted octanol–water partition coefficient (Wildman–Crippen LogP) is 22.2. The van der Waals surface area contributed by atoms with Gasteiger partial charge in [0.15, 0.2) is 12.2 Å². The lowest BCUT2D eigenvalue weighted by molar-refractivity contribution is -0.161. The third-order valence-electron chi connectivity index (χ3n) is 17.6. The van der Waals surface area contributed by atoms with Gasteiger partial charge in [0.1, 0.15) is 19.3 Å². The molecule has 564 valence electrons. The molecular formula is C76H148O17P2. The molecule has 95 heavy (non-hydrogen) atoms. The van der Waals surface area contributed by atoms with Crippen molar-refractivity contribution in [3.63, 3.8) is 0 Å². The summed E-state index contributed by atoms with van der Waals surface area (Å²) in [6.07, 6.45) is 52.9. The highest BCUT2D eigenvalue weighted by Gasteiger charge is 2.30. The fourth-order valence-electron chi connectivity index (χ4n) is 11.6. The molecule has 0 aliphatic rings. The van der Waals surface area contributed by atoms with Crippen LogP contribution < -0.4 is 0 Å². The van der Waals surface area contributed by atoms with Crippen LogP contribution in [-0.2, 0) is 65.4 Å². The van der Waals surface area contributed by atoms with Gasteiger partial charge in [-0.2, -0.15) is 0 Å². The Labute approximate surface area is 581 Å². The van der Waals surface area contributed by atoms with Crippen LogP contribution in [0.3, 0.4) is 0 Å². The van der Waals surface area contributed by atoms with E-state index in [2.05, 4.69) is 48.5 Å². The highest BCUT2D eigenvalue weighted by Crippen LogP contribution is 2.45. The predicted molar refractivity (Wildman–Crippen MR) is 386 cm³/mol. The number of carbonyl (C=O) groups excluding carboxylic acids is 4. The molecule has 19 heteroatoms. The lowest BCUT2D eigenvalue weighted by atomic mass is 10.0. The Morgan fingerprint density at radius 3 is 0.716 bits per heavy atom. The number of ether oxygens (including phenoxy) is 4. The maximum Gasteiger partial charge on any atom is 0.472 e. The minimum absolute atomic E-state index is 0.106. The molecule has 0 spiro atoms. The highest BCUT2D eigenvalue weighted by atomic mass is 31.2. The molecule has 0 radical (unpaired) electrons. The lowest BCUT2D eigenvalue weighted by Gasteiger charge is -2.21. The number of phosphoric acid groups is 2. The van der Waals surface area contributed by atoms with Crippen molar-refractivity contribution in [3.05, 3.63) is 0 Å². The van der Waals surface area contributed by atoms with E-state index in [0.29, 0.717) is 31.6 Å². The van der Waals surface area contributed by atoms with Crippen LogP contribution >= 0.6 is 15.6 Å². The molecule has 0 saturated carbocycles. The van der Waals surface area contributed by atoms with E-state index in [1.807, 2.05) is 0 Å². The van der Waals surface area contributed by atoms with E-state index >= 15 is 0 Å². The second-order valence-corrected chi connectivity index (χ2v) is 31.7. The van der Waals surface area contributed by atoms with Gasteiger partial charge in [0.05, 0.1) is 26.4 Å². The molecule has 0 aliphatic carbocycles. The number of aliphatic hydroxyl groups excluding tert-OH is 1. The van der Waals surface area contributed by atoms with Gasteiger partial charge in [0.25, 0.3) is 0 Å². The summed E-state index contributed by atoms with van der Waals surface area (Å²) in [5, 5.41) is 10.6. The minimum atomic E-state index is -4.96. The van der Waals surface area contributed by atoms with Crippen LogP contribution in [0.5, 0.6) is 0 Å². The first-order valence-corrected chi connectivity index (χ1v) is 42.3. The highest BCUT2D eigenvalue weighted by molar-refractivity contribution is 7.47. The number of unbranched alkanes of at least 4 members (excludes halogenated alkanes) is 42. The third-order valence-corrected chi connectivity index (χ3v) is 19.5. The van der Waals surface area contributed by atoms with Crippen molar-refractivity contribution in [1.29, 1.82) is 0 Å². The maximum atomic E-state index is 13.1. The summed E-state index contributed by atoms with van der Waals surface area (Å²) in [6.45, 7) is 11.8. The van der Waals surface area contributed by atoms with E-state index in [1.165, 1.54) is 193 Å². The van der Waals surface area contributed by atoms with Crippen LogP contribution in [0.25, 0.3) is 0 Å². The SMILES string of the molecule is CCCCCCCCCCCCCC(=O)O[C@H](COC(=O)CCCCCCCCC(C)C)COP(=O)(O)OC[C@H](O)COP(=O)(O)OC[C@@H](COC(=O)CCCCCCCCCCCCCC(C)C)OC(=O)CCCCCCCCCCCCCCCCCCCCC(C)C. The zero-order chi connectivity index (χ0) is 70.1. The average molecular weight is 1400 g/mol. The van der Waals surface area contributed by atoms with E-state index < -0.39 is 97.5 Å². The Hall–Kier alpha value is -1.94. The lowest BCUT2D eigenvalue weighted by Crippen LogP contribution is -2.30. The van der Waals surface area contributed by atoms with E-state index in [4.69, 9.17) is 37.0 Å². The first kappa shape index (κ1) is 93.1. The fourth-order valence-corrected chi connectivity index (χ4v) is 13.2. The molecule has 17 nitrogen and oxygen atoms in total. The summed E-state index contributed by atoms with van der Waals surface area (Å²) >= 11 is 0. The molecule has 0 heterocycles. The molecule has 5 atom stereocenters. The quantitative estimate of drug-likeness (QED) is 0.0222. The number of aliphatic hydroxyl groups is 1. The van der Waals surface area contributed by atoms with Gasteiger partial charge < -0.3 is 33.8 Å². The number of rotatable bonds is 74. The van der Waals surface area contributed by atoms with Crippen molar-refractivity contribution < 1.29 is 80.2 Å². The molecule has 0 saturated heterocycles. The van der Waals surface area contributed by atoms with Crippen molar-refractivity contribution in [1.82, 2.24) is 0 Å². The van der Waals surface area contributed by atoms with Gasteiger partial charge in [-0.15, -0.1) is 0 Å². The topological polar surface area (TPSA) is 237 Å². The monoisotopic (exact) mass is 1400 g/mol. The number of hydrogen-bond acceptors (Lipinski definition) is 15. The Morgan fingerprint density at radius 1 is 0.284 bits per heavy atom. The first-order chi connectivity index (χ1) is 45.7. The molecule has 0 amide bonds. The first-order valence-electron chi connectivity index (χ1n) is 39.3. The summed E-state index contributed by atoms with van der Waals surface area (Å²) in [4.78, 5) is 72.7. The van der Waals surface area contributed by atoms with Crippen molar-refractivity contribution in [2.45, 2.75) is 407 Å². The molecule has 0 bridgehead atoms. The molecule has 3 N–H and O–H groups in total. The Bertz CT molecular complexity index is 1850. The maximum absolute atomic E-state index is 13.1. The van der Waals surface area contributed by atoms with Gasteiger partial charge in [0, 0.05) is 25.7 Å². The summed E-state index contributed by atoms with van der Waals surface area (Å²) in [6, 6.07) is 0. The van der Waals surface area contributed by atoms with Crippen LogP contribution in [0.4, 0.5) is 0 Å². The second-order valence-electron chi connectivity index (χ2n) is 28.8. The van der Waals surface area contributed by atoms with Gasteiger partial charge in [-0.05, 0) is 43.4 Å². The number of hydrogen-bond donors (Lipinski definition) is 3. The Kier molecular flexibility index (Phi) is 65.2. The molecule has 0 rings (SSSR count). The van der Waals surface area contributed by atoms with Gasteiger partial charge >= 0.3 is 39.5 Å². The van der Waals surface area contributed by atoms with Crippen LogP contribution in [-0.4, -0.2) is 96.7 Å². The van der Waals surface area contributed by atoms with Gasteiger partial charge in [-0.1, -0.05) is 337 Å². The normalized spacial score (nSPS) is 14.1. The van der Waals surface area contributed by atoms with Crippen molar-refractivity contribution in [3.8, 4) is 0 Å². The number of carbonyl (C=O) groups is 4. The van der Waals surface area contributed by atoms with Crippen LogP contribution in [0, 0.1) is 17.8 Å². The summed E-state index contributed by atoms with van der Waals surface area (Å²) in [5.41, 5.74) is 0. The molecule has 0 aromatic carbocycles. The molecule has 0 aromatic rings. The largest absolute Gasteiger partial charge is 0.472 e. The van der Waals surface area contributed by atoms with Crippen LogP contribution in [0.1, 0.15) is 389 Å². The smallest absolute Gasteiger partial charge is 0.462 e. The molecule has 0 aromatic heterocycles. The Morgan fingerprint density at radius 2 is 0.484 bits per heavy atom. The summed E-state index contributed by atoms with van der Waals surface area (Å²) in [7, 11) is -9.91. The molecule has 0 aliphatic heterocycles. The Balaban J connectivity index is 5.19. The van der Waals surface area contributed by atoms with E-state index in [0.717, 1.165) is 108 Å².